The van der Waals surface area contributed by atoms with Crippen LogP contribution in [0, 0.1) is 0 Å². The molecule has 0 radical (unpaired) electrons. The molecule has 1 heterocycles. The van der Waals surface area contributed by atoms with Crippen molar-refractivity contribution < 1.29 is 14.4 Å². The van der Waals surface area contributed by atoms with Gasteiger partial charge < -0.3 is 15.6 Å². The van der Waals surface area contributed by atoms with Crippen LogP contribution in [0.3, 0.4) is 0 Å². The maximum atomic E-state index is 12.4. The Balaban J connectivity index is 1.55. The second kappa shape index (κ2) is 9.40. The summed E-state index contributed by atoms with van der Waals surface area (Å²) in [5, 5.41) is 13.8. The van der Waals surface area contributed by atoms with Gasteiger partial charge in [0.25, 0.3) is 0 Å². The van der Waals surface area contributed by atoms with E-state index in [1.807, 2.05) is 4.57 Å². The summed E-state index contributed by atoms with van der Waals surface area (Å²) in [5.41, 5.74) is 5.27. The summed E-state index contributed by atoms with van der Waals surface area (Å²) in [5.74, 6) is 0.429. The number of hydrogen-bond acceptors (Lipinski definition) is 6. The monoisotopic (exact) mass is 408 g/mol. The standard InChI is InChI=1S/C18H28N6O3S/c1-11(16(26)21-17(27)20-13-5-3-2-4-6-13)28-18-23-22-15(12-7-8-12)24(18)10-9-14(19)25/h11-13H,2-10H2,1H3,(H2,19,25)(H2,20,21,26,27). The van der Waals surface area contributed by atoms with Crippen molar-refractivity contribution >= 4 is 29.6 Å². The van der Waals surface area contributed by atoms with Crippen LogP contribution in [0.5, 0.6) is 0 Å². The molecule has 2 fully saturated rings. The van der Waals surface area contributed by atoms with E-state index in [2.05, 4.69) is 20.8 Å². The molecule has 154 valence electrons. The molecule has 0 aromatic carbocycles. The smallest absolute Gasteiger partial charge is 0.321 e. The van der Waals surface area contributed by atoms with Crippen LogP contribution in [0.2, 0.25) is 0 Å². The van der Waals surface area contributed by atoms with E-state index in [1.165, 1.54) is 18.2 Å². The zero-order valence-corrected chi connectivity index (χ0v) is 17.0. The second-order valence-corrected chi connectivity index (χ2v) is 8.85. The molecule has 0 aliphatic heterocycles. The van der Waals surface area contributed by atoms with Crippen molar-refractivity contribution in [3.05, 3.63) is 5.82 Å². The Morgan fingerprint density at radius 3 is 2.54 bits per heavy atom. The van der Waals surface area contributed by atoms with Gasteiger partial charge in [0.2, 0.25) is 11.8 Å². The highest BCUT2D eigenvalue weighted by atomic mass is 32.2. The molecule has 4 N–H and O–H groups in total. The lowest BCUT2D eigenvalue weighted by atomic mass is 9.96. The van der Waals surface area contributed by atoms with Crippen LogP contribution in [-0.2, 0) is 16.1 Å². The molecular formula is C18H28N6O3S. The minimum absolute atomic E-state index is 0.141. The predicted molar refractivity (Wildman–Crippen MR) is 105 cm³/mol. The molecule has 1 atom stereocenters. The van der Waals surface area contributed by atoms with Gasteiger partial charge in [-0.1, -0.05) is 31.0 Å². The zero-order chi connectivity index (χ0) is 20.1. The van der Waals surface area contributed by atoms with Crippen LogP contribution < -0.4 is 16.4 Å². The van der Waals surface area contributed by atoms with E-state index in [1.54, 1.807) is 6.92 Å². The van der Waals surface area contributed by atoms with Crippen LogP contribution in [0.4, 0.5) is 4.79 Å². The van der Waals surface area contributed by atoms with Crippen molar-refractivity contribution in [2.45, 2.75) is 87.2 Å². The number of thioether (sulfide) groups is 1. The minimum atomic E-state index is -0.527. The fourth-order valence-corrected chi connectivity index (χ4v) is 4.24. The van der Waals surface area contributed by atoms with Gasteiger partial charge in [0.1, 0.15) is 5.82 Å². The quantitative estimate of drug-likeness (QED) is 0.561. The van der Waals surface area contributed by atoms with Crippen molar-refractivity contribution in [1.29, 1.82) is 0 Å². The van der Waals surface area contributed by atoms with Crippen molar-refractivity contribution in [2.24, 2.45) is 5.73 Å². The van der Waals surface area contributed by atoms with Crippen molar-refractivity contribution in [3.8, 4) is 0 Å². The van der Waals surface area contributed by atoms with Gasteiger partial charge in [-0.05, 0) is 32.6 Å². The van der Waals surface area contributed by atoms with Gasteiger partial charge in [-0.3, -0.25) is 14.9 Å². The molecule has 0 saturated heterocycles. The van der Waals surface area contributed by atoms with E-state index < -0.39 is 17.2 Å². The van der Waals surface area contributed by atoms with E-state index >= 15 is 0 Å². The first-order chi connectivity index (χ1) is 13.4. The van der Waals surface area contributed by atoms with Crippen LogP contribution in [-0.4, -0.2) is 43.9 Å². The van der Waals surface area contributed by atoms with Gasteiger partial charge >= 0.3 is 6.03 Å². The van der Waals surface area contributed by atoms with Crippen LogP contribution in [0.1, 0.15) is 70.0 Å². The van der Waals surface area contributed by atoms with Gasteiger partial charge in [0, 0.05) is 24.9 Å². The van der Waals surface area contributed by atoms with Crippen LogP contribution in [0.25, 0.3) is 0 Å². The molecule has 1 aromatic rings. The van der Waals surface area contributed by atoms with Gasteiger partial charge in [0.15, 0.2) is 5.16 Å². The van der Waals surface area contributed by atoms with Crippen LogP contribution in [0.15, 0.2) is 5.16 Å². The number of amides is 4. The summed E-state index contributed by atoms with van der Waals surface area (Å²) >= 11 is 1.23. The Hall–Kier alpha value is -2.10. The predicted octanol–water partition coefficient (Wildman–Crippen LogP) is 1.67. The first-order valence-corrected chi connectivity index (χ1v) is 10.8. The van der Waals surface area contributed by atoms with E-state index in [-0.39, 0.29) is 18.4 Å². The Morgan fingerprint density at radius 2 is 1.89 bits per heavy atom. The van der Waals surface area contributed by atoms with E-state index in [9.17, 15) is 14.4 Å². The first kappa shape index (κ1) is 20.6. The lowest BCUT2D eigenvalue weighted by Crippen LogP contribution is -2.47. The molecule has 1 unspecified atom stereocenters. The SMILES string of the molecule is CC(Sc1nnc(C2CC2)n1CCC(N)=O)C(=O)NC(=O)NC1CCCCC1. The molecule has 2 aliphatic rings. The number of urea groups is 1. The Kier molecular flexibility index (Phi) is 6.93. The maximum absolute atomic E-state index is 12.4. The number of nitrogens with one attached hydrogen (secondary N) is 2. The van der Waals surface area contributed by atoms with Gasteiger partial charge in [-0.2, -0.15) is 0 Å². The molecule has 0 spiro atoms. The number of nitrogens with zero attached hydrogens (tertiary/aromatic N) is 3. The Bertz CT molecular complexity index is 727. The average molecular weight is 409 g/mol. The van der Waals surface area contributed by atoms with Gasteiger partial charge in [-0.15, -0.1) is 10.2 Å². The fourth-order valence-electron chi connectivity index (χ4n) is 3.36. The van der Waals surface area contributed by atoms with Gasteiger partial charge in [0.05, 0.1) is 5.25 Å². The highest BCUT2D eigenvalue weighted by molar-refractivity contribution is 8.00. The maximum Gasteiger partial charge on any atom is 0.321 e. The highest BCUT2D eigenvalue weighted by Crippen LogP contribution is 2.40. The molecule has 3 rings (SSSR count). The number of hydrogen-bond donors (Lipinski definition) is 3. The first-order valence-electron chi connectivity index (χ1n) is 9.93. The van der Waals surface area contributed by atoms with Crippen molar-refractivity contribution in [2.75, 3.05) is 0 Å². The lowest BCUT2D eigenvalue weighted by molar-refractivity contribution is -0.119. The molecule has 9 nitrogen and oxygen atoms in total. The Morgan fingerprint density at radius 1 is 1.18 bits per heavy atom. The summed E-state index contributed by atoms with van der Waals surface area (Å²) in [6.07, 6.45) is 7.62. The normalized spacial score (nSPS) is 18.5. The summed E-state index contributed by atoms with van der Waals surface area (Å²) in [4.78, 5) is 35.7. The number of primary amides is 1. The minimum Gasteiger partial charge on any atom is -0.370 e. The molecule has 2 aliphatic carbocycles. The highest BCUT2D eigenvalue weighted by Gasteiger charge is 2.31. The summed E-state index contributed by atoms with van der Waals surface area (Å²) in [6, 6.07) is -0.305. The molecule has 10 heteroatoms. The number of imide groups is 1. The van der Waals surface area contributed by atoms with Crippen molar-refractivity contribution in [3.63, 3.8) is 0 Å². The third-order valence-corrected chi connectivity index (χ3v) is 6.18. The fraction of sp³-hybridized carbons (Fsp3) is 0.722. The number of carbonyl (C=O) groups excluding carboxylic acids is 3. The molecule has 1 aromatic heterocycles. The van der Waals surface area contributed by atoms with E-state index in [4.69, 9.17) is 5.73 Å². The molecule has 28 heavy (non-hydrogen) atoms. The summed E-state index contributed by atoms with van der Waals surface area (Å²) < 4.78 is 1.87. The number of aromatic nitrogens is 3. The van der Waals surface area contributed by atoms with Crippen LogP contribution >= 0.6 is 11.8 Å². The average Bonchev–Trinajstić information content (AvgIpc) is 3.42. The zero-order valence-electron chi connectivity index (χ0n) is 16.1. The van der Waals surface area contributed by atoms with E-state index in [0.29, 0.717) is 17.6 Å². The van der Waals surface area contributed by atoms with Gasteiger partial charge in [-0.25, -0.2) is 4.79 Å². The number of carbonyl (C=O) groups is 3. The third-order valence-electron chi connectivity index (χ3n) is 5.10. The lowest BCUT2D eigenvalue weighted by Gasteiger charge is -2.23. The largest absolute Gasteiger partial charge is 0.370 e. The third kappa shape index (κ3) is 5.70. The van der Waals surface area contributed by atoms with Crippen molar-refractivity contribution in [1.82, 2.24) is 25.4 Å². The Labute approximate surface area is 168 Å². The summed E-state index contributed by atoms with van der Waals surface area (Å²) in [7, 11) is 0. The topological polar surface area (TPSA) is 132 Å². The molecule has 4 amide bonds. The molecule has 0 bridgehead atoms. The molecular weight excluding hydrogens is 380 g/mol. The van der Waals surface area contributed by atoms with E-state index in [0.717, 1.165) is 44.3 Å². The second-order valence-electron chi connectivity index (χ2n) is 7.54. The number of rotatable bonds is 8. The summed E-state index contributed by atoms with van der Waals surface area (Å²) in [6.45, 7) is 2.12. The molecule has 2 saturated carbocycles. The number of nitrogens with two attached hydrogens (primary N) is 1.